The van der Waals surface area contributed by atoms with Gasteiger partial charge >= 0.3 is 6.09 Å². The van der Waals surface area contributed by atoms with E-state index in [0.29, 0.717) is 13.0 Å². The summed E-state index contributed by atoms with van der Waals surface area (Å²) in [4.78, 5) is 11.7. The normalized spacial score (nSPS) is 23.7. The fourth-order valence-electron chi connectivity index (χ4n) is 2.03. The summed E-state index contributed by atoms with van der Waals surface area (Å²) < 4.78 is 17.6. The molecule has 0 spiro atoms. The average Bonchev–Trinajstić information content (AvgIpc) is 2.78. The number of rotatable bonds is 6. The number of amides is 1. The first-order valence-corrected chi connectivity index (χ1v) is 6.19. The molecule has 1 fully saturated rings. The van der Waals surface area contributed by atoms with E-state index in [1.165, 1.54) is 0 Å². The van der Waals surface area contributed by atoms with Crippen molar-refractivity contribution in [2.75, 3.05) is 19.8 Å². The zero-order valence-corrected chi connectivity index (χ0v) is 10.4. The maximum atomic E-state index is 12.5. The third-order valence-corrected chi connectivity index (χ3v) is 3.11. The van der Waals surface area contributed by atoms with E-state index in [2.05, 4.69) is 5.32 Å². The number of nitrogens with zero attached hydrogens (tertiary/aromatic N) is 1. The van der Waals surface area contributed by atoms with Crippen molar-refractivity contribution < 1.29 is 13.9 Å². The van der Waals surface area contributed by atoms with Crippen LogP contribution in [0.3, 0.4) is 0 Å². The van der Waals surface area contributed by atoms with E-state index in [-0.39, 0.29) is 6.42 Å². The largest absolute Gasteiger partial charge is 0.448 e. The van der Waals surface area contributed by atoms with Crippen molar-refractivity contribution in [3.05, 3.63) is 0 Å². The molecule has 100 valence electrons. The summed E-state index contributed by atoms with van der Waals surface area (Å²) in [5, 5.41) is 4.13. The second-order valence-corrected chi connectivity index (χ2v) is 4.34. The molecule has 3 N–H and O–H groups in total. The number of hydrogen-bond acceptors (Lipinski definition) is 4. The van der Waals surface area contributed by atoms with Crippen LogP contribution in [0.4, 0.5) is 9.18 Å². The van der Waals surface area contributed by atoms with Crippen molar-refractivity contribution >= 4 is 6.09 Å². The summed E-state index contributed by atoms with van der Waals surface area (Å²) >= 11 is 0. The van der Waals surface area contributed by atoms with Crippen LogP contribution in [-0.4, -0.2) is 36.6 Å². The van der Waals surface area contributed by atoms with Gasteiger partial charge in [-0.05, 0) is 25.8 Å². The van der Waals surface area contributed by atoms with Gasteiger partial charge in [-0.2, -0.15) is 0 Å². The maximum Gasteiger partial charge on any atom is 0.425 e. The van der Waals surface area contributed by atoms with Crippen molar-refractivity contribution in [1.82, 2.24) is 10.3 Å². The van der Waals surface area contributed by atoms with Gasteiger partial charge in [0.2, 0.25) is 0 Å². The highest BCUT2D eigenvalue weighted by atomic mass is 19.1. The first-order chi connectivity index (χ1) is 8.16. The van der Waals surface area contributed by atoms with E-state index in [1.807, 2.05) is 6.92 Å². The lowest BCUT2D eigenvalue weighted by Crippen LogP contribution is -2.61. The van der Waals surface area contributed by atoms with Gasteiger partial charge in [-0.1, -0.05) is 13.3 Å². The molecule has 1 amide bonds. The summed E-state index contributed by atoms with van der Waals surface area (Å²) in [6.07, 6.45) is 2.93. The topological polar surface area (TPSA) is 67.6 Å². The number of hydrogen-bond donors (Lipinski definition) is 2. The van der Waals surface area contributed by atoms with Gasteiger partial charge in [0.15, 0.2) is 0 Å². The molecule has 0 aliphatic carbocycles. The Hall–Kier alpha value is -0.880. The van der Waals surface area contributed by atoms with Crippen LogP contribution in [0.15, 0.2) is 0 Å². The molecular formula is C11H22FN3O2. The second-order valence-electron chi connectivity index (χ2n) is 4.34. The summed E-state index contributed by atoms with van der Waals surface area (Å²) in [5.41, 5.74) is -0.766. The van der Waals surface area contributed by atoms with Crippen molar-refractivity contribution in [2.45, 2.75) is 44.7 Å². The van der Waals surface area contributed by atoms with Gasteiger partial charge in [0.05, 0.1) is 13.3 Å². The number of alkyl halides is 1. The minimum atomic E-state index is -0.766. The minimum Gasteiger partial charge on any atom is -0.448 e. The average molecular weight is 247 g/mol. The third-order valence-electron chi connectivity index (χ3n) is 3.11. The fourth-order valence-corrected chi connectivity index (χ4v) is 2.03. The molecule has 5 nitrogen and oxygen atoms in total. The lowest BCUT2D eigenvalue weighted by atomic mass is 10.0. The molecule has 1 saturated heterocycles. The van der Waals surface area contributed by atoms with E-state index >= 15 is 0 Å². The first-order valence-electron chi connectivity index (χ1n) is 6.19. The predicted octanol–water partition coefficient (Wildman–Crippen LogP) is 1.54. The molecule has 1 aliphatic rings. The van der Waals surface area contributed by atoms with Crippen LogP contribution in [0.5, 0.6) is 0 Å². The molecule has 6 heteroatoms. The summed E-state index contributed by atoms with van der Waals surface area (Å²) in [7, 11) is 0. The molecule has 1 unspecified atom stereocenters. The molecule has 0 aromatic carbocycles. The Kier molecular flexibility index (Phi) is 5.64. The Morgan fingerprint density at radius 1 is 1.65 bits per heavy atom. The number of nitrogens with one attached hydrogen (secondary N) is 1. The van der Waals surface area contributed by atoms with Crippen molar-refractivity contribution in [2.24, 2.45) is 5.84 Å². The maximum absolute atomic E-state index is 12.5. The SMILES string of the molecule is CCCCOC(=O)N(N)C1(CCF)CCCN1. The number of carbonyl (C=O) groups excluding carboxylic acids is 1. The zero-order valence-electron chi connectivity index (χ0n) is 10.4. The van der Waals surface area contributed by atoms with E-state index in [0.717, 1.165) is 30.8 Å². The molecule has 0 aromatic heterocycles. The van der Waals surface area contributed by atoms with Gasteiger partial charge in [0.25, 0.3) is 0 Å². The molecular weight excluding hydrogens is 225 g/mol. The van der Waals surface area contributed by atoms with Crippen molar-refractivity contribution in [3.8, 4) is 0 Å². The summed E-state index contributed by atoms with van der Waals surface area (Å²) in [6, 6.07) is 0. The molecule has 1 aliphatic heterocycles. The number of carbonyl (C=O) groups is 1. The van der Waals surface area contributed by atoms with Gasteiger partial charge < -0.3 is 4.74 Å². The molecule has 1 rings (SSSR count). The fraction of sp³-hybridized carbons (Fsp3) is 0.909. The van der Waals surface area contributed by atoms with Crippen molar-refractivity contribution in [1.29, 1.82) is 0 Å². The minimum absolute atomic E-state index is 0.201. The molecule has 1 heterocycles. The van der Waals surface area contributed by atoms with Gasteiger partial charge in [0.1, 0.15) is 5.66 Å². The van der Waals surface area contributed by atoms with Crippen LogP contribution in [-0.2, 0) is 4.74 Å². The predicted molar refractivity (Wildman–Crippen MR) is 62.8 cm³/mol. The monoisotopic (exact) mass is 247 g/mol. The van der Waals surface area contributed by atoms with Crippen molar-refractivity contribution in [3.63, 3.8) is 0 Å². The Morgan fingerprint density at radius 2 is 2.41 bits per heavy atom. The summed E-state index contributed by atoms with van der Waals surface area (Å²) in [5.74, 6) is 5.76. The zero-order chi connectivity index (χ0) is 12.7. The standard InChI is InChI=1S/C11H22FN3O2/c1-2-3-9-17-10(16)15(13)11(6-7-12)5-4-8-14-11/h14H,2-9,13H2,1H3. The number of ether oxygens (including phenoxy) is 1. The van der Waals surface area contributed by atoms with E-state index < -0.39 is 18.4 Å². The quantitative estimate of drug-likeness (QED) is 0.323. The van der Waals surface area contributed by atoms with Crippen LogP contribution < -0.4 is 11.2 Å². The highest BCUT2D eigenvalue weighted by molar-refractivity contribution is 5.67. The lowest BCUT2D eigenvalue weighted by Gasteiger charge is -2.36. The Balaban J connectivity index is 2.52. The molecule has 17 heavy (non-hydrogen) atoms. The lowest BCUT2D eigenvalue weighted by molar-refractivity contribution is 0.0318. The second kappa shape index (κ2) is 6.76. The van der Waals surface area contributed by atoms with E-state index in [4.69, 9.17) is 10.6 Å². The highest BCUT2D eigenvalue weighted by Crippen LogP contribution is 2.26. The van der Waals surface area contributed by atoms with Crippen LogP contribution in [0, 0.1) is 0 Å². The van der Waals surface area contributed by atoms with Gasteiger partial charge in [-0.3, -0.25) is 9.71 Å². The third kappa shape index (κ3) is 3.54. The van der Waals surface area contributed by atoms with E-state index in [1.54, 1.807) is 0 Å². The van der Waals surface area contributed by atoms with E-state index in [9.17, 15) is 9.18 Å². The number of nitrogens with two attached hydrogens (primary N) is 1. The Labute approximate surface area is 101 Å². The molecule has 0 radical (unpaired) electrons. The number of halogens is 1. The number of hydrazine groups is 1. The van der Waals surface area contributed by atoms with Crippen LogP contribution in [0.2, 0.25) is 0 Å². The van der Waals surface area contributed by atoms with Crippen LogP contribution in [0.25, 0.3) is 0 Å². The molecule has 0 bridgehead atoms. The Morgan fingerprint density at radius 3 is 2.94 bits per heavy atom. The molecule has 0 aromatic rings. The van der Waals surface area contributed by atoms with Gasteiger partial charge in [-0.15, -0.1) is 0 Å². The van der Waals surface area contributed by atoms with Crippen LogP contribution in [0.1, 0.15) is 39.0 Å². The van der Waals surface area contributed by atoms with Gasteiger partial charge in [0, 0.05) is 6.42 Å². The molecule has 0 saturated carbocycles. The van der Waals surface area contributed by atoms with Gasteiger partial charge in [-0.25, -0.2) is 15.6 Å². The first kappa shape index (κ1) is 14.2. The smallest absolute Gasteiger partial charge is 0.425 e. The summed E-state index contributed by atoms with van der Waals surface area (Å²) in [6.45, 7) is 2.60. The highest BCUT2D eigenvalue weighted by Gasteiger charge is 2.41. The Bertz CT molecular complexity index is 245. The molecule has 1 atom stereocenters. The number of unbranched alkanes of at least 4 members (excludes halogenated alkanes) is 1. The van der Waals surface area contributed by atoms with Crippen LogP contribution >= 0.6 is 0 Å².